The lowest BCUT2D eigenvalue weighted by Crippen LogP contribution is -2.15. The predicted octanol–water partition coefficient (Wildman–Crippen LogP) is 2.87. The predicted molar refractivity (Wildman–Crippen MR) is 74.8 cm³/mol. The summed E-state index contributed by atoms with van der Waals surface area (Å²) in [4.78, 5) is 0. The fraction of sp³-hybridized carbons (Fsp3) is 0.600. The van der Waals surface area contributed by atoms with Gasteiger partial charge in [-0.15, -0.1) is 0 Å². The topological polar surface area (TPSA) is 41.5 Å². The van der Waals surface area contributed by atoms with E-state index in [1.165, 1.54) is 6.07 Å². The van der Waals surface area contributed by atoms with Gasteiger partial charge < -0.3 is 15.2 Å². The summed E-state index contributed by atoms with van der Waals surface area (Å²) < 4.78 is 19.3. The summed E-state index contributed by atoms with van der Waals surface area (Å²) in [5, 5.41) is 11.9. The molecule has 1 aromatic carbocycles. The first kappa shape index (κ1) is 15.9. The minimum Gasteiger partial charge on any atom is -0.490 e. The Labute approximate surface area is 114 Å². The molecule has 0 saturated heterocycles. The number of hydrogen-bond acceptors (Lipinski definition) is 3. The van der Waals surface area contributed by atoms with Crippen molar-refractivity contribution in [2.24, 2.45) is 0 Å². The number of aliphatic hydroxyl groups is 1. The van der Waals surface area contributed by atoms with Gasteiger partial charge in [-0.3, -0.25) is 0 Å². The second-order valence-electron chi connectivity index (χ2n) is 4.54. The molecule has 0 aliphatic rings. The van der Waals surface area contributed by atoms with Crippen LogP contribution in [-0.4, -0.2) is 24.9 Å². The number of aliphatic hydroxyl groups excluding tert-OH is 1. The van der Waals surface area contributed by atoms with Gasteiger partial charge in [-0.1, -0.05) is 19.1 Å². The molecule has 4 heteroatoms. The van der Waals surface area contributed by atoms with Gasteiger partial charge in [-0.25, -0.2) is 4.39 Å². The molecule has 0 amide bonds. The Kier molecular flexibility index (Phi) is 8.18. The van der Waals surface area contributed by atoms with Crippen molar-refractivity contribution >= 4 is 0 Å². The summed E-state index contributed by atoms with van der Waals surface area (Å²) in [6, 6.07) is 5.01. The molecule has 0 aliphatic heterocycles. The molecule has 0 bridgehead atoms. The van der Waals surface area contributed by atoms with Gasteiger partial charge in [0.1, 0.15) is 0 Å². The average Bonchev–Trinajstić information content (AvgIpc) is 2.41. The summed E-state index contributed by atoms with van der Waals surface area (Å²) in [6.45, 7) is 4.31. The van der Waals surface area contributed by atoms with Gasteiger partial charge in [0.2, 0.25) is 0 Å². The van der Waals surface area contributed by atoms with Crippen LogP contribution in [0.5, 0.6) is 5.75 Å². The number of halogens is 1. The Balaban J connectivity index is 2.49. The van der Waals surface area contributed by atoms with Crippen LogP contribution < -0.4 is 10.1 Å². The Morgan fingerprint density at radius 3 is 2.84 bits per heavy atom. The molecule has 0 unspecified atom stereocenters. The van der Waals surface area contributed by atoms with Crippen LogP contribution in [0.15, 0.2) is 18.2 Å². The van der Waals surface area contributed by atoms with E-state index in [0.29, 0.717) is 18.9 Å². The molecule has 0 saturated carbocycles. The highest BCUT2D eigenvalue weighted by molar-refractivity contribution is 5.34. The maximum Gasteiger partial charge on any atom is 0.165 e. The van der Waals surface area contributed by atoms with Gasteiger partial charge in [-0.2, -0.15) is 0 Å². The van der Waals surface area contributed by atoms with Crippen molar-refractivity contribution in [2.75, 3.05) is 19.8 Å². The van der Waals surface area contributed by atoms with E-state index in [1.54, 1.807) is 6.07 Å². The summed E-state index contributed by atoms with van der Waals surface area (Å²) >= 11 is 0. The normalized spacial score (nSPS) is 10.7. The van der Waals surface area contributed by atoms with Crippen LogP contribution in [0.25, 0.3) is 0 Å². The van der Waals surface area contributed by atoms with Crippen LogP contribution in [-0.2, 0) is 6.54 Å². The Bertz CT molecular complexity index is 358. The van der Waals surface area contributed by atoms with Crippen molar-refractivity contribution in [2.45, 2.75) is 39.2 Å². The third kappa shape index (κ3) is 6.03. The van der Waals surface area contributed by atoms with E-state index in [0.717, 1.165) is 37.8 Å². The largest absolute Gasteiger partial charge is 0.490 e. The van der Waals surface area contributed by atoms with Gasteiger partial charge in [-0.05, 0) is 38.3 Å². The first-order chi connectivity index (χ1) is 9.29. The van der Waals surface area contributed by atoms with Gasteiger partial charge in [0.05, 0.1) is 6.61 Å². The third-order valence-electron chi connectivity index (χ3n) is 2.84. The van der Waals surface area contributed by atoms with E-state index in [2.05, 4.69) is 12.2 Å². The smallest absolute Gasteiger partial charge is 0.165 e. The van der Waals surface area contributed by atoms with Crippen LogP contribution in [0.3, 0.4) is 0 Å². The van der Waals surface area contributed by atoms with Crippen LogP contribution in [0, 0.1) is 5.82 Å². The Morgan fingerprint density at radius 1 is 1.26 bits per heavy atom. The lowest BCUT2D eigenvalue weighted by atomic mass is 10.2. The summed E-state index contributed by atoms with van der Waals surface area (Å²) in [7, 11) is 0. The molecule has 1 aromatic rings. The molecule has 1 rings (SSSR count). The van der Waals surface area contributed by atoms with E-state index >= 15 is 0 Å². The molecule has 2 N–H and O–H groups in total. The van der Waals surface area contributed by atoms with Crippen molar-refractivity contribution in [3.63, 3.8) is 0 Å². The molecule has 19 heavy (non-hydrogen) atoms. The molecule has 0 heterocycles. The number of para-hydroxylation sites is 1. The number of hydrogen-bond donors (Lipinski definition) is 2. The molecule has 108 valence electrons. The minimum atomic E-state index is -0.307. The first-order valence-corrected chi connectivity index (χ1v) is 7.01. The number of rotatable bonds is 10. The lowest BCUT2D eigenvalue weighted by Gasteiger charge is -2.13. The van der Waals surface area contributed by atoms with Crippen molar-refractivity contribution in [1.82, 2.24) is 5.32 Å². The minimum absolute atomic E-state index is 0.200. The van der Waals surface area contributed by atoms with Crippen LogP contribution >= 0.6 is 0 Å². The molecule has 0 atom stereocenters. The van der Waals surface area contributed by atoms with Gasteiger partial charge in [0.25, 0.3) is 0 Å². The number of benzene rings is 1. The van der Waals surface area contributed by atoms with Crippen molar-refractivity contribution in [3.8, 4) is 5.75 Å². The van der Waals surface area contributed by atoms with Gasteiger partial charge in [0, 0.05) is 18.7 Å². The monoisotopic (exact) mass is 269 g/mol. The highest BCUT2D eigenvalue weighted by Crippen LogP contribution is 2.23. The zero-order chi connectivity index (χ0) is 13.9. The first-order valence-electron chi connectivity index (χ1n) is 7.01. The number of unbranched alkanes of at least 4 members (excludes halogenated alkanes) is 2. The lowest BCUT2D eigenvalue weighted by molar-refractivity contribution is 0.260. The van der Waals surface area contributed by atoms with E-state index in [9.17, 15) is 4.39 Å². The maximum absolute atomic E-state index is 13.7. The summed E-state index contributed by atoms with van der Waals surface area (Å²) in [6.07, 6.45) is 3.54. The quantitative estimate of drug-likeness (QED) is 0.642. The van der Waals surface area contributed by atoms with Crippen molar-refractivity contribution in [1.29, 1.82) is 0 Å². The zero-order valence-corrected chi connectivity index (χ0v) is 11.6. The fourth-order valence-corrected chi connectivity index (χ4v) is 1.82. The molecule has 0 spiro atoms. The molecule has 0 fully saturated rings. The fourth-order valence-electron chi connectivity index (χ4n) is 1.82. The second kappa shape index (κ2) is 9.75. The highest BCUT2D eigenvalue weighted by atomic mass is 19.1. The standard InChI is InChI=1S/C15H24FNO2/c1-2-9-17-12-13-7-6-8-14(16)15(13)19-11-5-3-4-10-18/h6-8,17-18H,2-5,9-12H2,1H3. The van der Waals surface area contributed by atoms with E-state index in [-0.39, 0.29) is 12.4 Å². The van der Waals surface area contributed by atoms with Crippen LogP contribution in [0.4, 0.5) is 4.39 Å². The van der Waals surface area contributed by atoms with Gasteiger partial charge >= 0.3 is 0 Å². The molecular weight excluding hydrogens is 245 g/mol. The molecule has 0 aliphatic carbocycles. The second-order valence-corrected chi connectivity index (χ2v) is 4.54. The van der Waals surface area contributed by atoms with E-state index in [4.69, 9.17) is 9.84 Å². The highest BCUT2D eigenvalue weighted by Gasteiger charge is 2.09. The third-order valence-corrected chi connectivity index (χ3v) is 2.84. The molecule has 3 nitrogen and oxygen atoms in total. The SMILES string of the molecule is CCCNCc1cccc(F)c1OCCCCCO. The van der Waals surface area contributed by atoms with E-state index < -0.39 is 0 Å². The summed E-state index contributed by atoms with van der Waals surface area (Å²) in [5.74, 6) is 0.0491. The van der Waals surface area contributed by atoms with Crippen molar-refractivity contribution in [3.05, 3.63) is 29.6 Å². The Hall–Kier alpha value is -1.13. The van der Waals surface area contributed by atoms with Crippen molar-refractivity contribution < 1.29 is 14.2 Å². The van der Waals surface area contributed by atoms with Crippen LogP contribution in [0.1, 0.15) is 38.2 Å². The van der Waals surface area contributed by atoms with E-state index in [1.807, 2.05) is 6.07 Å². The van der Waals surface area contributed by atoms with Gasteiger partial charge in [0.15, 0.2) is 11.6 Å². The maximum atomic E-state index is 13.7. The molecule has 0 aromatic heterocycles. The molecular formula is C15H24FNO2. The molecule has 0 radical (unpaired) electrons. The zero-order valence-electron chi connectivity index (χ0n) is 11.6. The Morgan fingerprint density at radius 2 is 2.11 bits per heavy atom. The number of nitrogens with one attached hydrogen (secondary N) is 1. The number of ether oxygens (including phenoxy) is 1. The van der Waals surface area contributed by atoms with Crippen LogP contribution in [0.2, 0.25) is 0 Å². The average molecular weight is 269 g/mol. The summed E-state index contributed by atoms with van der Waals surface area (Å²) in [5.41, 5.74) is 0.857.